The van der Waals surface area contributed by atoms with E-state index >= 15 is 0 Å². The van der Waals surface area contributed by atoms with Gasteiger partial charge in [-0.05, 0) is 24.6 Å². The van der Waals surface area contributed by atoms with E-state index in [-0.39, 0.29) is 17.4 Å². The summed E-state index contributed by atoms with van der Waals surface area (Å²) in [4.78, 5) is 10.6. The number of benzene rings is 1. The van der Waals surface area contributed by atoms with E-state index in [9.17, 15) is 13.2 Å². The van der Waals surface area contributed by atoms with Crippen LogP contribution in [-0.2, 0) is 21.2 Å². The van der Waals surface area contributed by atoms with Gasteiger partial charge in [0.1, 0.15) is 0 Å². The van der Waals surface area contributed by atoms with Gasteiger partial charge in [0.15, 0.2) is 0 Å². The van der Waals surface area contributed by atoms with Crippen LogP contribution in [0.1, 0.15) is 18.9 Å². The Morgan fingerprint density at radius 2 is 2.00 bits per heavy atom. The van der Waals surface area contributed by atoms with E-state index in [0.29, 0.717) is 12.0 Å². The minimum Gasteiger partial charge on any atom is -0.481 e. The summed E-state index contributed by atoms with van der Waals surface area (Å²) in [5.74, 6) is 1.42. The van der Waals surface area contributed by atoms with Gasteiger partial charge in [-0.15, -0.1) is 12.3 Å². The third-order valence-corrected chi connectivity index (χ3v) is 3.97. The molecular formula is C13H15NO4S. The normalized spacial score (nSPS) is 12.6. The van der Waals surface area contributed by atoms with Crippen molar-refractivity contribution < 1.29 is 18.3 Å². The lowest BCUT2D eigenvalue weighted by Crippen LogP contribution is -2.32. The van der Waals surface area contributed by atoms with Crippen molar-refractivity contribution in [1.82, 2.24) is 4.72 Å². The molecular weight excluding hydrogens is 266 g/mol. The molecule has 1 rings (SSSR count). The lowest BCUT2D eigenvalue weighted by atomic mass is 10.2. The fourth-order valence-corrected chi connectivity index (χ4v) is 2.76. The van der Waals surface area contributed by atoms with E-state index in [2.05, 4.69) is 10.6 Å². The molecule has 6 heteroatoms. The number of aliphatic carboxylic acids is 1. The molecule has 0 aliphatic carbocycles. The summed E-state index contributed by atoms with van der Waals surface area (Å²) in [6.07, 6.45) is 5.28. The van der Waals surface area contributed by atoms with Crippen molar-refractivity contribution in [3.05, 3.63) is 29.8 Å². The highest BCUT2D eigenvalue weighted by atomic mass is 32.2. The van der Waals surface area contributed by atoms with E-state index in [4.69, 9.17) is 11.5 Å². The van der Waals surface area contributed by atoms with Crippen LogP contribution in [0.5, 0.6) is 0 Å². The zero-order valence-corrected chi connectivity index (χ0v) is 11.3. The van der Waals surface area contributed by atoms with Crippen LogP contribution in [0.25, 0.3) is 0 Å². The monoisotopic (exact) mass is 281 g/mol. The molecule has 0 spiro atoms. The molecule has 0 heterocycles. The third-order valence-electron chi connectivity index (χ3n) is 2.37. The van der Waals surface area contributed by atoms with Crippen molar-refractivity contribution in [1.29, 1.82) is 0 Å². The van der Waals surface area contributed by atoms with Crippen molar-refractivity contribution in [2.45, 2.75) is 30.7 Å². The standard InChI is InChI=1S/C13H15NO4S/c1-3-4-10(2)14-19(17,18)12-7-5-11(6-8-12)9-13(15)16/h1,5-8,10,14H,4,9H2,2H3,(H,15,16). The van der Waals surface area contributed by atoms with Crippen LogP contribution in [-0.4, -0.2) is 25.5 Å². The highest BCUT2D eigenvalue weighted by Gasteiger charge is 2.16. The number of rotatable bonds is 6. The largest absolute Gasteiger partial charge is 0.481 e. The summed E-state index contributed by atoms with van der Waals surface area (Å²) >= 11 is 0. The van der Waals surface area contributed by atoms with Crippen LogP contribution >= 0.6 is 0 Å². The van der Waals surface area contributed by atoms with Gasteiger partial charge in [-0.2, -0.15) is 0 Å². The topological polar surface area (TPSA) is 83.5 Å². The van der Waals surface area contributed by atoms with Crippen molar-refractivity contribution in [3.8, 4) is 12.3 Å². The number of carbonyl (C=O) groups is 1. The van der Waals surface area contributed by atoms with Gasteiger partial charge in [0.05, 0.1) is 11.3 Å². The van der Waals surface area contributed by atoms with Crippen molar-refractivity contribution >= 4 is 16.0 Å². The zero-order valence-electron chi connectivity index (χ0n) is 10.5. The maximum Gasteiger partial charge on any atom is 0.307 e. The number of terminal acetylenes is 1. The molecule has 2 N–H and O–H groups in total. The second-order valence-electron chi connectivity index (χ2n) is 4.15. The number of sulfonamides is 1. The molecule has 1 aromatic carbocycles. The fourth-order valence-electron chi connectivity index (χ4n) is 1.51. The van der Waals surface area contributed by atoms with Crippen LogP contribution in [0.15, 0.2) is 29.2 Å². The minimum atomic E-state index is -3.62. The molecule has 0 fully saturated rings. The maximum atomic E-state index is 12.0. The van der Waals surface area contributed by atoms with Crippen LogP contribution in [0.4, 0.5) is 0 Å². The highest BCUT2D eigenvalue weighted by molar-refractivity contribution is 7.89. The summed E-state index contributed by atoms with van der Waals surface area (Å²) in [5, 5.41) is 8.62. The van der Waals surface area contributed by atoms with Crippen LogP contribution in [0.3, 0.4) is 0 Å². The molecule has 1 aromatic rings. The Morgan fingerprint density at radius 3 is 2.47 bits per heavy atom. The van der Waals surface area contributed by atoms with Gasteiger partial charge < -0.3 is 5.11 Å². The quantitative estimate of drug-likeness (QED) is 0.762. The molecule has 0 aromatic heterocycles. The summed E-state index contributed by atoms with van der Waals surface area (Å²) in [6.45, 7) is 1.68. The average molecular weight is 281 g/mol. The summed E-state index contributed by atoms with van der Waals surface area (Å²) in [7, 11) is -3.62. The Hall–Kier alpha value is -1.84. The minimum absolute atomic E-state index is 0.0884. The van der Waals surface area contributed by atoms with Gasteiger partial charge in [-0.1, -0.05) is 12.1 Å². The predicted molar refractivity (Wildman–Crippen MR) is 71.0 cm³/mol. The average Bonchev–Trinajstić information content (AvgIpc) is 2.28. The number of carboxylic acid groups (broad SMARTS) is 1. The van der Waals surface area contributed by atoms with Crippen molar-refractivity contribution in [2.24, 2.45) is 0 Å². The Morgan fingerprint density at radius 1 is 1.42 bits per heavy atom. The molecule has 0 bridgehead atoms. The van der Waals surface area contributed by atoms with Crippen LogP contribution < -0.4 is 4.72 Å². The van der Waals surface area contributed by atoms with E-state index in [1.807, 2.05) is 0 Å². The van der Waals surface area contributed by atoms with E-state index in [0.717, 1.165) is 0 Å². The molecule has 102 valence electrons. The molecule has 0 saturated heterocycles. The fraction of sp³-hybridized carbons (Fsp3) is 0.308. The Bertz CT molecular complexity index is 584. The van der Waals surface area contributed by atoms with Crippen LogP contribution in [0, 0.1) is 12.3 Å². The van der Waals surface area contributed by atoms with Gasteiger partial charge >= 0.3 is 5.97 Å². The third kappa shape index (κ3) is 4.73. The van der Waals surface area contributed by atoms with Gasteiger partial charge in [0.25, 0.3) is 0 Å². The van der Waals surface area contributed by atoms with Gasteiger partial charge in [0, 0.05) is 12.5 Å². The summed E-state index contributed by atoms with van der Waals surface area (Å²) < 4.78 is 26.4. The van der Waals surface area contributed by atoms with Crippen LogP contribution in [0.2, 0.25) is 0 Å². The predicted octanol–water partition coefficient (Wildman–Crippen LogP) is 1.00. The number of nitrogens with one attached hydrogen (secondary N) is 1. The summed E-state index contributed by atoms with van der Waals surface area (Å²) in [6, 6.07) is 5.36. The SMILES string of the molecule is C#CCC(C)NS(=O)(=O)c1ccc(CC(=O)O)cc1. The van der Waals surface area contributed by atoms with E-state index in [1.54, 1.807) is 6.92 Å². The van der Waals surface area contributed by atoms with E-state index < -0.39 is 16.0 Å². The molecule has 0 saturated carbocycles. The number of hydrogen-bond donors (Lipinski definition) is 2. The smallest absolute Gasteiger partial charge is 0.307 e. The Labute approximate surface area is 112 Å². The second kappa shape index (κ2) is 6.36. The molecule has 1 unspecified atom stereocenters. The first-order valence-corrected chi connectivity index (χ1v) is 7.10. The second-order valence-corrected chi connectivity index (χ2v) is 5.86. The van der Waals surface area contributed by atoms with Gasteiger partial charge in [0.2, 0.25) is 10.0 Å². The Balaban J connectivity index is 2.85. The zero-order chi connectivity index (χ0) is 14.5. The number of hydrogen-bond acceptors (Lipinski definition) is 3. The molecule has 0 aliphatic heterocycles. The molecule has 0 aliphatic rings. The van der Waals surface area contributed by atoms with Gasteiger partial charge in [-0.25, -0.2) is 13.1 Å². The first kappa shape index (κ1) is 15.2. The van der Waals surface area contributed by atoms with Crippen molar-refractivity contribution in [2.75, 3.05) is 0 Å². The lowest BCUT2D eigenvalue weighted by molar-refractivity contribution is -0.136. The molecule has 0 radical (unpaired) electrons. The molecule has 0 amide bonds. The molecule has 5 nitrogen and oxygen atoms in total. The first-order chi connectivity index (χ1) is 8.85. The van der Waals surface area contributed by atoms with Gasteiger partial charge in [-0.3, -0.25) is 4.79 Å². The maximum absolute atomic E-state index is 12.0. The highest BCUT2D eigenvalue weighted by Crippen LogP contribution is 2.12. The summed E-state index contributed by atoms with van der Waals surface area (Å²) in [5.41, 5.74) is 0.545. The first-order valence-electron chi connectivity index (χ1n) is 5.61. The Kier molecular flexibility index (Phi) is 5.10. The molecule has 19 heavy (non-hydrogen) atoms. The van der Waals surface area contributed by atoms with E-state index in [1.165, 1.54) is 24.3 Å². The lowest BCUT2D eigenvalue weighted by Gasteiger charge is -2.11. The van der Waals surface area contributed by atoms with Crippen molar-refractivity contribution in [3.63, 3.8) is 0 Å². The molecule has 1 atom stereocenters. The number of carboxylic acids is 1.